The molecule has 0 radical (unpaired) electrons. The molecule has 0 heterocycles. The van der Waals surface area contributed by atoms with Gasteiger partial charge in [-0.15, -0.1) is 0 Å². The van der Waals surface area contributed by atoms with E-state index in [9.17, 15) is 0 Å². The third kappa shape index (κ3) is 2.70. The van der Waals surface area contributed by atoms with Gasteiger partial charge in [0.05, 0.1) is 0 Å². The van der Waals surface area contributed by atoms with Crippen molar-refractivity contribution in [2.75, 3.05) is 14.2 Å². The van der Waals surface area contributed by atoms with Gasteiger partial charge in [-0.05, 0) is 0 Å². The third-order valence-electron chi connectivity index (χ3n) is 4.58. The predicted octanol–water partition coefficient (Wildman–Crippen LogP) is 4.25. The molecule has 0 fully saturated rings. The minimum atomic E-state index is -3.54. The molecule has 4 heteroatoms. The van der Waals surface area contributed by atoms with Crippen LogP contribution in [-0.2, 0) is 9.47 Å². The van der Waals surface area contributed by atoms with Gasteiger partial charge in [-0.25, -0.2) is 0 Å². The van der Waals surface area contributed by atoms with Crippen molar-refractivity contribution in [3.63, 3.8) is 0 Å². The van der Waals surface area contributed by atoms with Gasteiger partial charge >= 0.3 is 154 Å². The maximum absolute atomic E-state index is 7.82. The van der Waals surface area contributed by atoms with Crippen molar-refractivity contribution in [2.24, 2.45) is 0 Å². The van der Waals surface area contributed by atoms with Crippen molar-refractivity contribution >= 4 is 33.1 Å². The SMILES string of the molecule is COC(OC)P(Cl)(c1ccccc1)(c1ccccc1)c1ccccc1. The van der Waals surface area contributed by atoms with Crippen molar-refractivity contribution < 1.29 is 9.47 Å². The quantitative estimate of drug-likeness (QED) is 0.476. The van der Waals surface area contributed by atoms with E-state index in [1.807, 2.05) is 54.6 Å². The van der Waals surface area contributed by atoms with E-state index >= 15 is 0 Å². The fraction of sp³-hybridized carbons (Fsp3) is 0.143. The number of halogens is 1. The van der Waals surface area contributed by atoms with Crippen LogP contribution in [0.5, 0.6) is 0 Å². The van der Waals surface area contributed by atoms with Gasteiger partial charge in [-0.2, -0.15) is 0 Å². The molecule has 25 heavy (non-hydrogen) atoms. The Morgan fingerprint density at radius 2 is 0.880 bits per heavy atom. The van der Waals surface area contributed by atoms with E-state index in [0.717, 1.165) is 15.9 Å². The molecule has 0 bridgehead atoms. The van der Waals surface area contributed by atoms with Crippen molar-refractivity contribution in [1.82, 2.24) is 0 Å². The second-order valence-corrected chi connectivity index (χ2v) is 12.1. The third-order valence-corrected chi connectivity index (χ3v) is 12.0. The van der Waals surface area contributed by atoms with Gasteiger partial charge < -0.3 is 0 Å². The van der Waals surface area contributed by atoms with Crippen LogP contribution >= 0.6 is 17.2 Å². The fourth-order valence-electron chi connectivity index (χ4n) is 3.46. The first kappa shape index (κ1) is 18.1. The molecule has 3 aromatic rings. The van der Waals surface area contributed by atoms with Crippen molar-refractivity contribution in [3.8, 4) is 0 Å². The van der Waals surface area contributed by atoms with Crippen LogP contribution < -0.4 is 15.9 Å². The molecule has 2 nitrogen and oxygen atoms in total. The molecule has 130 valence electrons. The Hall–Kier alpha value is -1.70. The molecule has 0 aliphatic heterocycles. The Morgan fingerprint density at radius 3 is 1.12 bits per heavy atom. The van der Waals surface area contributed by atoms with Crippen LogP contribution in [0.2, 0.25) is 0 Å². The van der Waals surface area contributed by atoms with Gasteiger partial charge in [0, 0.05) is 0 Å². The van der Waals surface area contributed by atoms with Crippen LogP contribution in [0, 0.1) is 0 Å². The summed E-state index contributed by atoms with van der Waals surface area (Å²) in [4.78, 5) is 0. The molecule has 0 amide bonds. The molecule has 3 aromatic carbocycles. The van der Waals surface area contributed by atoms with Crippen molar-refractivity contribution in [3.05, 3.63) is 91.0 Å². The number of ether oxygens (including phenoxy) is 2. The summed E-state index contributed by atoms with van der Waals surface area (Å²) in [5, 5.41) is 3.05. The summed E-state index contributed by atoms with van der Waals surface area (Å²) < 4.78 is 11.7. The Bertz CT molecular complexity index is 706. The molecular weight excluding hydrogens is 351 g/mol. The van der Waals surface area contributed by atoms with Crippen LogP contribution in [0.3, 0.4) is 0 Å². The zero-order valence-electron chi connectivity index (χ0n) is 14.4. The number of benzene rings is 3. The molecule has 0 aliphatic rings. The Labute approximate surface area is 154 Å². The summed E-state index contributed by atoms with van der Waals surface area (Å²) in [6.07, 6.45) is 0. The number of hydrogen-bond donors (Lipinski definition) is 0. The summed E-state index contributed by atoms with van der Waals surface area (Å²) >= 11 is 7.82. The predicted molar refractivity (Wildman–Crippen MR) is 109 cm³/mol. The average Bonchev–Trinajstić information content (AvgIpc) is 2.71. The summed E-state index contributed by atoms with van der Waals surface area (Å²) in [6, 6.07) is 29.8. The van der Waals surface area contributed by atoms with Gasteiger partial charge in [-0.3, -0.25) is 0 Å². The summed E-state index contributed by atoms with van der Waals surface area (Å²) in [5.41, 5.74) is 0. The molecule has 0 N–H and O–H groups in total. The van der Waals surface area contributed by atoms with Gasteiger partial charge in [0.25, 0.3) is 0 Å². The molecule has 0 aliphatic carbocycles. The minimum absolute atomic E-state index is 0.611. The first-order chi connectivity index (χ1) is 12.2. The van der Waals surface area contributed by atoms with Gasteiger partial charge in [0.1, 0.15) is 0 Å². The molecule has 0 atom stereocenters. The van der Waals surface area contributed by atoms with E-state index < -0.39 is 12.0 Å². The first-order valence-electron chi connectivity index (χ1n) is 8.12. The zero-order valence-corrected chi connectivity index (χ0v) is 16.0. The van der Waals surface area contributed by atoms with E-state index in [1.54, 1.807) is 14.2 Å². The van der Waals surface area contributed by atoms with Crippen LogP contribution in [-0.4, -0.2) is 20.3 Å². The maximum atomic E-state index is 7.82. The van der Waals surface area contributed by atoms with E-state index in [-0.39, 0.29) is 0 Å². The molecule has 0 spiro atoms. The molecular formula is C21H22ClO2P. The topological polar surface area (TPSA) is 18.5 Å². The monoisotopic (exact) mass is 372 g/mol. The van der Waals surface area contributed by atoms with E-state index in [0.29, 0.717) is 0 Å². The van der Waals surface area contributed by atoms with Gasteiger partial charge in [0.15, 0.2) is 0 Å². The number of rotatable bonds is 6. The Kier molecular flexibility index (Phi) is 5.27. The summed E-state index contributed by atoms with van der Waals surface area (Å²) in [7, 11) is 3.29. The molecule has 0 saturated carbocycles. The average molecular weight is 373 g/mol. The van der Waals surface area contributed by atoms with E-state index in [1.165, 1.54) is 0 Å². The normalized spacial score (nSPS) is 13.4. The standard InChI is InChI=1S/C21H22ClO2P/c1-23-21(24-2)25(22,18-12-6-3-7-13-18,19-14-8-4-9-15-19)20-16-10-5-11-17-20/h3-17,21H,1-2H3. The van der Waals surface area contributed by atoms with Crippen molar-refractivity contribution in [2.45, 2.75) is 6.03 Å². The Morgan fingerprint density at radius 1 is 0.600 bits per heavy atom. The molecule has 0 aromatic heterocycles. The Balaban J connectivity index is 2.49. The van der Waals surface area contributed by atoms with Crippen LogP contribution in [0.1, 0.15) is 0 Å². The van der Waals surface area contributed by atoms with Crippen LogP contribution in [0.15, 0.2) is 91.0 Å². The molecule has 0 saturated heterocycles. The zero-order chi connectivity index (χ0) is 17.8. The molecule has 3 rings (SSSR count). The summed E-state index contributed by atoms with van der Waals surface area (Å²) in [5.74, 6) is -3.54. The van der Waals surface area contributed by atoms with Crippen LogP contribution in [0.4, 0.5) is 0 Å². The molecule has 0 unspecified atom stereocenters. The fourth-order valence-corrected chi connectivity index (χ4v) is 9.64. The van der Waals surface area contributed by atoms with E-state index in [4.69, 9.17) is 20.7 Å². The first-order valence-corrected chi connectivity index (χ1v) is 11.3. The van der Waals surface area contributed by atoms with Gasteiger partial charge in [0.2, 0.25) is 0 Å². The summed E-state index contributed by atoms with van der Waals surface area (Å²) in [6.45, 7) is 0. The van der Waals surface area contributed by atoms with E-state index in [2.05, 4.69) is 36.4 Å². The van der Waals surface area contributed by atoms with Crippen LogP contribution in [0.25, 0.3) is 0 Å². The second-order valence-electron chi connectivity index (χ2n) is 5.86. The number of methoxy groups -OCH3 is 2. The van der Waals surface area contributed by atoms with Gasteiger partial charge in [-0.1, -0.05) is 0 Å². The van der Waals surface area contributed by atoms with Crippen molar-refractivity contribution in [1.29, 1.82) is 0 Å². The second kappa shape index (κ2) is 7.27. The number of hydrogen-bond acceptors (Lipinski definition) is 2.